The van der Waals surface area contributed by atoms with Gasteiger partial charge in [0, 0.05) is 0 Å². The molecule has 0 amide bonds. The molecular weight excluding hydrogens is 180 g/mol. The molecule has 15 heavy (non-hydrogen) atoms. The Morgan fingerprint density at radius 2 is 1.67 bits per heavy atom. The minimum absolute atomic E-state index is 0.832. The maximum atomic E-state index is 2.38. The molecule has 0 bridgehead atoms. The van der Waals surface area contributed by atoms with E-state index in [9.17, 15) is 0 Å². The summed E-state index contributed by atoms with van der Waals surface area (Å²) in [4.78, 5) is 0. The molecule has 1 fully saturated rings. The van der Waals surface area contributed by atoms with Crippen molar-refractivity contribution < 1.29 is 0 Å². The van der Waals surface area contributed by atoms with Crippen molar-refractivity contribution in [3.05, 3.63) is 48.4 Å². The standard InChI is InChI=1S/C15H19/c1-3-8-14(9-4-1)12-7-13-15-10-5-2-6-11-15/h1,3-4,7-9,12-13,15H,2,5-6,10-11H2/b12-7+. The fraction of sp³-hybridized carbons (Fsp3) is 0.400. The minimum Gasteiger partial charge on any atom is -0.0800 e. The Morgan fingerprint density at radius 3 is 2.40 bits per heavy atom. The van der Waals surface area contributed by atoms with E-state index in [1.165, 1.54) is 37.7 Å². The van der Waals surface area contributed by atoms with Crippen LogP contribution in [0, 0.1) is 12.3 Å². The highest BCUT2D eigenvalue weighted by Crippen LogP contribution is 2.26. The van der Waals surface area contributed by atoms with Crippen LogP contribution < -0.4 is 0 Å². The molecule has 1 aliphatic rings. The van der Waals surface area contributed by atoms with Crippen molar-refractivity contribution in [2.24, 2.45) is 5.92 Å². The molecule has 1 aromatic rings. The van der Waals surface area contributed by atoms with E-state index in [-0.39, 0.29) is 0 Å². The molecule has 0 atom stereocenters. The number of rotatable bonds is 3. The molecular formula is C15H19. The van der Waals surface area contributed by atoms with E-state index in [0.29, 0.717) is 0 Å². The second-order valence-corrected chi connectivity index (χ2v) is 4.36. The summed E-state index contributed by atoms with van der Waals surface area (Å²) in [6, 6.07) is 10.5. The third kappa shape index (κ3) is 3.54. The highest BCUT2D eigenvalue weighted by atomic mass is 14.2. The number of benzene rings is 1. The van der Waals surface area contributed by atoms with Crippen LogP contribution >= 0.6 is 0 Å². The summed E-state index contributed by atoms with van der Waals surface area (Å²) in [5, 5.41) is 0. The number of hydrogen-bond acceptors (Lipinski definition) is 0. The van der Waals surface area contributed by atoms with Gasteiger partial charge in [-0.25, -0.2) is 0 Å². The van der Waals surface area contributed by atoms with E-state index in [1.54, 1.807) is 0 Å². The van der Waals surface area contributed by atoms with Crippen molar-refractivity contribution in [3.63, 3.8) is 0 Å². The van der Waals surface area contributed by atoms with Gasteiger partial charge in [-0.1, -0.05) is 61.7 Å². The summed E-state index contributed by atoms with van der Waals surface area (Å²) >= 11 is 0. The van der Waals surface area contributed by atoms with Crippen molar-refractivity contribution in [2.45, 2.75) is 32.1 Å². The van der Waals surface area contributed by atoms with Gasteiger partial charge in [-0.3, -0.25) is 0 Å². The average Bonchev–Trinajstić information content (AvgIpc) is 2.32. The first-order chi connectivity index (χ1) is 7.45. The maximum absolute atomic E-state index is 2.38. The summed E-state index contributed by atoms with van der Waals surface area (Å²) < 4.78 is 0. The third-order valence-corrected chi connectivity index (χ3v) is 3.12. The van der Waals surface area contributed by atoms with E-state index in [4.69, 9.17) is 0 Å². The van der Waals surface area contributed by atoms with Gasteiger partial charge in [-0.2, -0.15) is 0 Å². The van der Waals surface area contributed by atoms with Crippen molar-refractivity contribution in [1.82, 2.24) is 0 Å². The van der Waals surface area contributed by atoms with E-state index < -0.39 is 0 Å². The second kappa shape index (κ2) is 5.75. The lowest BCUT2D eigenvalue weighted by molar-refractivity contribution is 0.405. The summed E-state index contributed by atoms with van der Waals surface area (Å²) in [7, 11) is 0. The molecule has 2 rings (SSSR count). The van der Waals surface area contributed by atoms with Gasteiger partial charge in [0.1, 0.15) is 0 Å². The number of hydrogen-bond donors (Lipinski definition) is 0. The van der Waals surface area contributed by atoms with Gasteiger partial charge in [0.25, 0.3) is 0 Å². The van der Waals surface area contributed by atoms with Gasteiger partial charge >= 0.3 is 0 Å². The summed E-state index contributed by atoms with van der Waals surface area (Å²) in [5.74, 6) is 0.832. The smallest absolute Gasteiger partial charge is 0.0136 e. The van der Waals surface area contributed by atoms with E-state index >= 15 is 0 Å². The molecule has 1 aromatic carbocycles. The lowest BCUT2D eigenvalue weighted by atomic mass is 9.87. The van der Waals surface area contributed by atoms with Gasteiger partial charge in [0.05, 0.1) is 0 Å². The zero-order valence-corrected chi connectivity index (χ0v) is 9.23. The van der Waals surface area contributed by atoms with Crippen LogP contribution in [0.2, 0.25) is 0 Å². The quantitative estimate of drug-likeness (QED) is 0.673. The first-order valence-electron chi connectivity index (χ1n) is 6.02. The van der Waals surface area contributed by atoms with Crippen LogP contribution in [-0.4, -0.2) is 0 Å². The molecule has 0 heteroatoms. The highest BCUT2D eigenvalue weighted by Gasteiger charge is 2.11. The van der Waals surface area contributed by atoms with E-state index in [2.05, 4.69) is 48.9 Å². The summed E-state index contributed by atoms with van der Waals surface area (Å²) in [5.41, 5.74) is 1.30. The summed E-state index contributed by atoms with van der Waals surface area (Å²) in [6.07, 6.45) is 13.9. The Kier molecular flexibility index (Phi) is 4.01. The molecule has 0 nitrogen and oxygen atoms in total. The predicted molar refractivity (Wildman–Crippen MR) is 66.4 cm³/mol. The lowest BCUT2D eigenvalue weighted by Gasteiger charge is -2.19. The maximum Gasteiger partial charge on any atom is -0.0136 e. The van der Waals surface area contributed by atoms with Crippen LogP contribution in [0.5, 0.6) is 0 Å². The van der Waals surface area contributed by atoms with Crippen LogP contribution in [0.25, 0.3) is 6.08 Å². The second-order valence-electron chi connectivity index (χ2n) is 4.36. The van der Waals surface area contributed by atoms with Crippen molar-refractivity contribution in [3.8, 4) is 0 Å². The van der Waals surface area contributed by atoms with Crippen LogP contribution in [0.4, 0.5) is 0 Å². The van der Waals surface area contributed by atoms with Crippen LogP contribution in [0.3, 0.4) is 0 Å². The molecule has 0 heterocycles. The van der Waals surface area contributed by atoms with E-state index in [1.807, 2.05) is 0 Å². The average molecular weight is 199 g/mol. The normalized spacial score (nSPS) is 18.4. The molecule has 1 aliphatic carbocycles. The molecule has 1 saturated carbocycles. The highest BCUT2D eigenvalue weighted by molar-refractivity contribution is 5.50. The molecule has 0 saturated heterocycles. The molecule has 0 unspecified atom stereocenters. The Morgan fingerprint density at radius 1 is 0.933 bits per heavy atom. The van der Waals surface area contributed by atoms with Gasteiger partial charge in [0.15, 0.2) is 0 Å². The van der Waals surface area contributed by atoms with Crippen LogP contribution in [0.15, 0.2) is 36.4 Å². The fourth-order valence-electron chi connectivity index (χ4n) is 2.21. The molecule has 1 radical (unpaired) electrons. The number of allylic oxidation sites excluding steroid dienone is 1. The fourth-order valence-corrected chi connectivity index (χ4v) is 2.21. The Bertz CT molecular complexity index is 291. The zero-order chi connectivity index (χ0) is 10.3. The topological polar surface area (TPSA) is 0 Å². The summed E-state index contributed by atoms with van der Waals surface area (Å²) in [6.45, 7) is 0. The first kappa shape index (κ1) is 10.5. The predicted octanol–water partition coefficient (Wildman–Crippen LogP) is 4.48. The Hall–Kier alpha value is -1.04. The molecule has 0 aromatic heterocycles. The van der Waals surface area contributed by atoms with Gasteiger partial charge < -0.3 is 0 Å². The van der Waals surface area contributed by atoms with Crippen LogP contribution in [0.1, 0.15) is 37.7 Å². The molecule has 0 aliphatic heterocycles. The third-order valence-electron chi connectivity index (χ3n) is 3.12. The van der Waals surface area contributed by atoms with Gasteiger partial charge in [-0.15, -0.1) is 0 Å². The van der Waals surface area contributed by atoms with Gasteiger partial charge in [-0.05, 0) is 30.7 Å². The largest absolute Gasteiger partial charge is 0.0800 e. The van der Waals surface area contributed by atoms with Crippen molar-refractivity contribution >= 4 is 6.08 Å². The monoisotopic (exact) mass is 199 g/mol. The van der Waals surface area contributed by atoms with Crippen LogP contribution in [-0.2, 0) is 0 Å². The minimum atomic E-state index is 0.832. The van der Waals surface area contributed by atoms with Crippen molar-refractivity contribution in [1.29, 1.82) is 0 Å². The van der Waals surface area contributed by atoms with E-state index in [0.717, 1.165) is 5.92 Å². The van der Waals surface area contributed by atoms with Gasteiger partial charge in [0.2, 0.25) is 0 Å². The Balaban J connectivity index is 1.79. The molecule has 0 spiro atoms. The SMILES string of the molecule is [CH](/C=C/c1ccccc1)C1CCCCC1. The first-order valence-corrected chi connectivity index (χ1v) is 6.02. The Labute approximate surface area is 93.0 Å². The molecule has 0 N–H and O–H groups in total. The lowest BCUT2D eigenvalue weighted by Crippen LogP contribution is -2.05. The van der Waals surface area contributed by atoms with Crippen molar-refractivity contribution in [2.75, 3.05) is 0 Å². The zero-order valence-electron chi connectivity index (χ0n) is 9.23. The molecule has 79 valence electrons.